The summed E-state index contributed by atoms with van der Waals surface area (Å²) in [5.74, 6) is 0.360. The summed E-state index contributed by atoms with van der Waals surface area (Å²) in [6.07, 6.45) is 10.1. The van der Waals surface area contributed by atoms with E-state index in [0.717, 1.165) is 6.42 Å². The van der Waals surface area contributed by atoms with Crippen LogP contribution in [0.4, 0.5) is 0 Å². The van der Waals surface area contributed by atoms with Crippen LogP contribution >= 0.6 is 17.2 Å². The quantitative estimate of drug-likeness (QED) is 0.317. The van der Waals surface area contributed by atoms with Crippen molar-refractivity contribution in [1.82, 2.24) is 0 Å². The third kappa shape index (κ3) is 3.33. The molecule has 0 aromatic carbocycles. The minimum absolute atomic E-state index is 0.360. The standard InChI is InChI=1S/C22H25.2ClH.Hf/c1-13(2)20-9-7-8-18-12-16(5)21(22(18)17(20)6)19-10-14(3)15(4)11-19;;;/h7-10,17H,11H2,1-6H3;2*1H;/q;;;+2/p-2. The van der Waals surface area contributed by atoms with Crippen LogP contribution in [0.3, 0.4) is 0 Å². The maximum atomic E-state index is 6.62. The Balaban J connectivity index is 2.25. The zero-order valence-corrected chi connectivity index (χ0v) is 21.0. The summed E-state index contributed by atoms with van der Waals surface area (Å²) in [4.78, 5) is 0. The Hall–Kier alpha value is -0.370. The molecule has 1 atom stereocenters. The second kappa shape index (κ2) is 7.33. The average molecular weight is 539 g/mol. The summed E-state index contributed by atoms with van der Waals surface area (Å²) in [6, 6.07) is 0. The Morgan fingerprint density at radius 3 is 2.36 bits per heavy atom. The summed E-state index contributed by atoms with van der Waals surface area (Å²) >= 11 is -2.73. The van der Waals surface area contributed by atoms with E-state index >= 15 is 0 Å². The molecule has 3 rings (SSSR count). The summed E-state index contributed by atoms with van der Waals surface area (Å²) < 4.78 is 1.29. The zero-order valence-electron chi connectivity index (χ0n) is 15.8. The summed E-state index contributed by atoms with van der Waals surface area (Å²) in [6.45, 7) is 13.4. The third-order valence-electron chi connectivity index (χ3n) is 5.62. The van der Waals surface area contributed by atoms with Gasteiger partial charge in [-0.05, 0) is 0 Å². The number of hydrogen-bond acceptors (Lipinski definition) is 0. The van der Waals surface area contributed by atoms with Crippen LogP contribution in [0.5, 0.6) is 0 Å². The molecule has 1 unspecified atom stereocenters. The van der Waals surface area contributed by atoms with Crippen LogP contribution in [-0.2, 0) is 19.1 Å². The molecular weight excluding hydrogens is 514 g/mol. The first-order valence-corrected chi connectivity index (χ1v) is 19.5. The van der Waals surface area contributed by atoms with E-state index < -0.39 is 19.1 Å². The van der Waals surface area contributed by atoms with Crippen molar-refractivity contribution in [2.75, 3.05) is 0 Å². The molecule has 25 heavy (non-hydrogen) atoms. The van der Waals surface area contributed by atoms with Gasteiger partial charge in [-0.3, -0.25) is 0 Å². The second-order valence-electron chi connectivity index (χ2n) is 7.48. The van der Waals surface area contributed by atoms with Gasteiger partial charge in [-0.1, -0.05) is 0 Å². The van der Waals surface area contributed by atoms with Crippen molar-refractivity contribution in [2.24, 2.45) is 5.92 Å². The van der Waals surface area contributed by atoms with Crippen LogP contribution in [0.25, 0.3) is 0 Å². The average Bonchev–Trinajstić information content (AvgIpc) is 2.93. The molecule has 131 valence electrons. The molecule has 0 spiro atoms. The van der Waals surface area contributed by atoms with E-state index in [1.54, 1.807) is 0 Å². The Bertz CT molecular complexity index is 850. The molecule has 0 aromatic heterocycles. The molecule has 3 aliphatic rings. The monoisotopic (exact) mass is 539 g/mol. The van der Waals surface area contributed by atoms with Crippen molar-refractivity contribution in [3.63, 3.8) is 0 Å². The van der Waals surface area contributed by atoms with E-state index in [9.17, 15) is 0 Å². The van der Waals surface area contributed by atoms with Gasteiger partial charge in [0.15, 0.2) is 0 Å². The van der Waals surface area contributed by atoms with Gasteiger partial charge in [0.25, 0.3) is 0 Å². The SMILES string of the molecule is CC(C)=C1C=CC=C2C(=C(C3=CC(C)=C(C)C3)C(C)=[C]2[Hf]([Cl])[Cl])C1C. The first-order chi connectivity index (χ1) is 11.7. The van der Waals surface area contributed by atoms with Crippen LogP contribution in [0.2, 0.25) is 0 Å². The molecule has 0 saturated carbocycles. The predicted octanol–water partition coefficient (Wildman–Crippen LogP) is 7.63. The van der Waals surface area contributed by atoms with Crippen LogP contribution in [0, 0.1) is 5.92 Å². The number of fused-ring (bicyclic) bond motifs is 1. The summed E-state index contributed by atoms with van der Waals surface area (Å²) in [5.41, 5.74) is 12.6. The van der Waals surface area contributed by atoms with Gasteiger partial charge in [-0.2, -0.15) is 0 Å². The molecule has 3 heteroatoms. The van der Waals surface area contributed by atoms with Crippen molar-refractivity contribution in [2.45, 2.75) is 48.0 Å². The van der Waals surface area contributed by atoms with Gasteiger partial charge < -0.3 is 0 Å². The molecular formula is C22H25Cl2Hf. The number of allylic oxidation sites excluding steroid dienone is 14. The van der Waals surface area contributed by atoms with E-state index in [1.165, 1.54) is 53.5 Å². The number of rotatable bonds is 2. The van der Waals surface area contributed by atoms with E-state index in [0.29, 0.717) is 5.92 Å². The molecule has 0 N–H and O–H groups in total. The molecule has 0 fully saturated rings. The predicted molar refractivity (Wildman–Crippen MR) is 107 cm³/mol. The van der Waals surface area contributed by atoms with E-state index in [-0.39, 0.29) is 0 Å². The second-order valence-corrected chi connectivity index (χ2v) is 18.9. The molecule has 0 radical (unpaired) electrons. The van der Waals surface area contributed by atoms with Crippen molar-refractivity contribution < 1.29 is 19.1 Å². The fourth-order valence-electron chi connectivity index (χ4n) is 4.25. The third-order valence-corrected chi connectivity index (χ3v) is 12.4. The maximum absolute atomic E-state index is 6.62. The summed E-state index contributed by atoms with van der Waals surface area (Å²) in [5, 5.41) is 0. The minimum atomic E-state index is -2.73. The molecule has 3 aliphatic carbocycles. The van der Waals surface area contributed by atoms with Gasteiger partial charge in [0.05, 0.1) is 0 Å². The van der Waals surface area contributed by atoms with Gasteiger partial charge in [0.2, 0.25) is 0 Å². The van der Waals surface area contributed by atoms with Crippen LogP contribution < -0.4 is 0 Å². The van der Waals surface area contributed by atoms with Crippen molar-refractivity contribution >= 4 is 17.2 Å². The summed E-state index contributed by atoms with van der Waals surface area (Å²) in [7, 11) is 13.2. The van der Waals surface area contributed by atoms with E-state index in [2.05, 4.69) is 65.8 Å². The molecule has 0 bridgehead atoms. The number of halogens is 2. The van der Waals surface area contributed by atoms with Crippen LogP contribution in [-0.4, -0.2) is 0 Å². The Kier molecular flexibility index (Phi) is 5.69. The molecule has 0 aromatic rings. The molecule has 0 nitrogen and oxygen atoms in total. The van der Waals surface area contributed by atoms with Gasteiger partial charge in [0, 0.05) is 0 Å². The first-order valence-electron chi connectivity index (χ1n) is 8.81. The van der Waals surface area contributed by atoms with Gasteiger partial charge in [0.1, 0.15) is 0 Å². The fourth-order valence-corrected chi connectivity index (χ4v) is 11.2. The van der Waals surface area contributed by atoms with Gasteiger partial charge in [-0.25, -0.2) is 0 Å². The van der Waals surface area contributed by atoms with Crippen molar-refractivity contribution in [3.05, 3.63) is 77.8 Å². The Morgan fingerprint density at radius 2 is 1.84 bits per heavy atom. The van der Waals surface area contributed by atoms with E-state index in [1.807, 2.05) is 0 Å². The molecule has 0 amide bonds. The van der Waals surface area contributed by atoms with Crippen LogP contribution in [0.15, 0.2) is 77.8 Å². The zero-order chi connectivity index (χ0) is 18.5. The normalized spacial score (nSPS) is 23.2. The fraction of sp³-hybridized carbons (Fsp3) is 0.364. The molecule has 0 heterocycles. The van der Waals surface area contributed by atoms with Crippen molar-refractivity contribution in [1.29, 1.82) is 0 Å². The molecule has 0 aliphatic heterocycles. The van der Waals surface area contributed by atoms with Crippen LogP contribution in [0.1, 0.15) is 48.0 Å². The van der Waals surface area contributed by atoms with E-state index in [4.69, 9.17) is 17.2 Å². The van der Waals surface area contributed by atoms with Crippen molar-refractivity contribution in [3.8, 4) is 0 Å². The Morgan fingerprint density at radius 1 is 1.16 bits per heavy atom. The molecule has 0 saturated heterocycles. The Labute approximate surface area is 167 Å². The number of hydrogen-bond donors (Lipinski definition) is 0. The first kappa shape index (κ1) is 19.4. The van der Waals surface area contributed by atoms with Gasteiger partial charge >= 0.3 is 168 Å². The van der Waals surface area contributed by atoms with Gasteiger partial charge in [-0.15, -0.1) is 0 Å². The topological polar surface area (TPSA) is 0 Å².